The van der Waals surface area contributed by atoms with Gasteiger partial charge in [-0.05, 0) is 43.2 Å². The number of hydrogen-bond acceptors (Lipinski definition) is 2. The minimum Gasteiger partial charge on any atom is -0.382 e. The Balaban J connectivity index is 1.69. The highest BCUT2D eigenvalue weighted by Gasteiger charge is 2.47. The number of nitrogens with zero attached hydrogens (tertiary/aromatic N) is 1. The van der Waals surface area contributed by atoms with Gasteiger partial charge >= 0.3 is 0 Å². The van der Waals surface area contributed by atoms with Crippen LogP contribution in [0, 0.1) is 11.8 Å². The molecule has 0 radical (unpaired) electrons. The number of aromatic nitrogens is 1. The highest BCUT2D eigenvalue weighted by atomic mass is 15.0. The highest BCUT2D eigenvalue weighted by Crippen LogP contribution is 2.52. The van der Waals surface area contributed by atoms with Crippen molar-refractivity contribution in [1.29, 1.82) is 0 Å². The van der Waals surface area contributed by atoms with E-state index in [4.69, 9.17) is 0 Å². The van der Waals surface area contributed by atoms with Gasteiger partial charge in [0, 0.05) is 24.1 Å². The Morgan fingerprint density at radius 3 is 2.69 bits per heavy atom. The summed E-state index contributed by atoms with van der Waals surface area (Å²) in [5.41, 5.74) is 1.23. The van der Waals surface area contributed by atoms with E-state index in [1.807, 2.05) is 12.4 Å². The minimum absolute atomic E-state index is 0.743. The number of nitrogens with one attached hydrogen (secondary N) is 1. The quantitative estimate of drug-likeness (QED) is 0.744. The summed E-state index contributed by atoms with van der Waals surface area (Å²) in [7, 11) is 0. The van der Waals surface area contributed by atoms with Gasteiger partial charge in [-0.1, -0.05) is 0 Å². The maximum Gasteiger partial charge on any atom is 0.0373 e. The van der Waals surface area contributed by atoms with Crippen molar-refractivity contribution >= 4 is 5.69 Å². The molecule has 1 aromatic rings. The lowest BCUT2D eigenvalue weighted by Gasteiger charge is -2.15. The molecule has 2 nitrogen and oxygen atoms in total. The number of hydrogen-bond donors (Lipinski definition) is 1. The number of pyridine rings is 1. The Kier molecular flexibility index (Phi) is 1.54. The van der Waals surface area contributed by atoms with Gasteiger partial charge in [0.05, 0.1) is 0 Å². The molecule has 0 spiro atoms. The van der Waals surface area contributed by atoms with E-state index in [2.05, 4.69) is 22.4 Å². The van der Waals surface area contributed by atoms with Gasteiger partial charge < -0.3 is 5.32 Å². The molecule has 0 bridgehead atoms. The maximum absolute atomic E-state index is 4.01. The molecule has 1 heterocycles. The van der Waals surface area contributed by atoms with E-state index in [1.54, 1.807) is 0 Å². The minimum atomic E-state index is 0.743. The van der Waals surface area contributed by atoms with Crippen molar-refractivity contribution in [2.45, 2.75) is 25.3 Å². The third-order valence-electron chi connectivity index (χ3n) is 3.37. The summed E-state index contributed by atoms with van der Waals surface area (Å²) in [4.78, 5) is 4.01. The van der Waals surface area contributed by atoms with E-state index in [1.165, 1.54) is 24.9 Å². The Labute approximate surface area is 78.4 Å². The van der Waals surface area contributed by atoms with Crippen molar-refractivity contribution in [2.75, 3.05) is 5.32 Å². The molecule has 2 aliphatic carbocycles. The van der Waals surface area contributed by atoms with Gasteiger partial charge in [-0.15, -0.1) is 0 Å². The van der Waals surface area contributed by atoms with Crippen LogP contribution >= 0.6 is 0 Å². The molecule has 2 aliphatic rings. The van der Waals surface area contributed by atoms with Gasteiger partial charge in [0.1, 0.15) is 0 Å². The lowest BCUT2D eigenvalue weighted by atomic mass is 10.1. The molecule has 2 saturated carbocycles. The van der Waals surface area contributed by atoms with Crippen LogP contribution in [0.15, 0.2) is 24.5 Å². The topological polar surface area (TPSA) is 24.9 Å². The van der Waals surface area contributed by atoms with E-state index < -0.39 is 0 Å². The van der Waals surface area contributed by atoms with Crippen LogP contribution in [0.3, 0.4) is 0 Å². The second kappa shape index (κ2) is 2.72. The van der Waals surface area contributed by atoms with Gasteiger partial charge in [0.15, 0.2) is 0 Å². The number of anilines is 1. The van der Waals surface area contributed by atoms with Gasteiger partial charge in [-0.25, -0.2) is 0 Å². The molecule has 0 aliphatic heterocycles. The average molecular weight is 174 g/mol. The first kappa shape index (κ1) is 7.36. The zero-order valence-corrected chi connectivity index (χ0v) is 7.61. The molecule has 3 rings (SSSR count). The molecule has 0 amide bonds. The molecule has 1 aromatic heterocycles. The van der Waals surface area contributed by atoms with Crippen LogP contribution in [0.25, 0.3) is 0 Å². The predicted molar refractivity (Wildman–Crippen MR) is 52.5 cm³/mol. The molecule has 3 unspecified atom stereocenters. The molecule has 2 heteroatoms. The van der Waals surface area contributed by atoms with E-state index in [0.29, 0.717) is 0 Å². The first-order valence-electron chi connectivity index (χ1n) is 5.10. The summed E-state index contributed by atoms with van der Waals surface area (Å²) < 4.78 is 0. The molecule has 0 aromatic carbocycles. The summed E-state index contributed by atoms with van der Waals surface area (Å²) in [5.74, 6) is 2.03. The molecular weight excluding hydrogens is 160 g/mol. The average Bonchev–Trinajstić information content (AvgIpc) is 2.86. The normalized spacial score (nSPS) is 35.5. The fourth-order valence-electron chi connectivity index (χ4n) is 2.54. The van der Waals surface area contributed by atoms with Crippen LogP contribution in [-0.4, -0.2) is 11.0 Å². The third-order valence-corrected chi connectivity index (χ3v) is 3.37. The van der Waals surface area contributed by atoms with Crippen molar-refractivity contribution < 1.29 is 0 Å². The zero-order valence-electron chi connectivity index (χ0n) is 7.61. The highest BCUT2D eigenvalue weighted by molar-refractivity contribution is 5.42. The van der Waals surface area contributed by atoms with Gasteiger partial charge in [-0.2, -0.15) is 0 Å². The fraction of sp³-hybridized carbons (Fsp3) is 0.545. The van der Waals surface area contributed by atoms with Crippen LogP contribution < -0.4 is 5.32 Å². The smallest absolute Gasteiger partial charge is 0.0373 e. The molecule has 3 atom stereocenters. The van der Waals surface area contributed by atoms with E-state index >= 15 is 0 Å². The monoisotopic (exact) mass is 174 g/mol. The lowest BCUT2D eigenvalue weighted by Crippen LogP contribution is -2.18. The van der Waals surface area contributed by atoms with Crippen molar-refractivity contribution in [3.63, 3.8) is 0 Å². The Morgan fingerprint density at radius 1 is 1.23 bits per heavy atom. The molecular formula is C11H14N2. The Morgan fingerprint density at radius 2 is 2.08 bits per heavy atom. The molecule has 0 saturated heterocycles. The summed E-state index contributed by atoms with van der Waals surface area (Å²) in [6.07, 6.45) is 7.96. The second-order valence-corrected chi connectivity index (χ2v) is 4.22. The number of fused-ring (bicyclic) bond motifs is 1. The molecule has 68 valence electrons. The van der Waals surface area contributed by atoms with Crippen molar-refractivity contribution in [1.82, 2.24) is 4.98 Å². The van der Waals surface area contributed by atoms with Crippen molar-refractivity contribution in [2.24, 2.45) is 11.8 Å². The van der Waals surface area contributed by atoms with Gasteiger partial charge in [0.2, 0.25) is 0 Å². The summed E-state index contributed by atoms with van der Waals surface area (Å²) in [6.45, 7) is 0. The predicted octanol–water partition coefficient (Wildman–Crippen LogP) is 2.29. The van der Waals surface area contributed by atoms with Crippen LogP contribution in [0.2, 0.25) is 0 Å². The Hall–Kier alpha value is -1.05. The van der Waals surface area contributed by atoms with Crippen LogP contribution in [0.4, 0.5) is 5.69 Å². The Bertz CT molecular complexity index is 296. The first-order chi connectivity index (χ1) is 6.43. The summed E-state index contributed by atoms with van der Waals surface area (Å²) >= 11 is 0. The van der Waals surface area contributed by atoms with Crippen molar-refractivity contribution in [3.8, 4) is 0 Å². The fourth-order valence-corrected chi connectivity index (χ4v) is 2.54. The SMILES string of the molecule is c1cc(NC2CCC3CC32)ccn1. The molecule has 1 N–H and O–H groups in total. The molecule has 13 heavy (non-hydrogen) atoms. The zero-order chi connectivity index (χ0) is 8.67. The van der Waals surface area contributed by atoms with Gasteiger partial charge in [0.25, 0.3) is 0 Å². The van der Waals surface area contributed by atoms with Crippen molar-refractivity contribution in [3.05, 3.63) is 24.5 Å². The van der Waals surface area contributed by atoms with E-state index in [-0.39, 0.29) is 0 Å². The van der Waals surface area contributed by atoms with E-state index in [0.717, 1.165) is 17.9 Å². The van der Waals surface area contributed by atoms with E-state index in [9.17, 15) is 0 Å². The third kappa shape index (κ3) is 1.30. The van der Waals surface area contributed by atoms with Crippen LogP contribution in [0.5, 0.6) is 0 Å². The van der Waals surface area contributed by atoms with Crippen LogP contribution in [0.1, 0.15) is 19.3 Å². The number of rotatable bonds is 2. The summed E-state index contributed by atoms with van der Waals surface area (Å²) in [6, 6.07) is 4.85. The first-order valence-corrected chi connectivity index (χ1v) is 5.10. The standard InChI is InChI=1S/C11H14N2/c1-2-11(10-7-8(1)10)13-9-3-5-12-6-4-9/h3-6,8,10-11H,1-2,7H2,(H,12,13). The maximum atomic E-state index is 4.01. The van der Waals surface area contributed by atoms with Crippen LogP contribution in [-0.2, 0) is 0 Å². The second-order valence-electron chi connectivity index (χ2n) is 4.22. The largest absolute Gasteiger partial charge is 0.382 e. The van der Waals surface area contributed by atoms with Gasteiger partial charge in [-0.3, -0.25) is 4.98 Å². The summed E-state index contributed by atoms with van der Waals surface area (Å²) in [5, 5.41) is 3.59. The lowest BCUT2D eigenvalue weighted by molar-refractivity contribution is 0.654. The molecule has 2 fully saturated rings.